The molecule has 3 nitrogen and oxygen atoms in total. The van der Waals surface area contributed by atoms with Crippen molar-refractivity contribution < 1.29 is 5.11 Å². The van der Waals surface area contributed by atoms with E-state index in [2.05, 4.69) is 11.8 Å². The van der Waals surface area contributed by atoms with E-state index in [1.165, 1.54) is 19.3 Å². The highest BCUT2D eigenvalue weighted by Crippen LogP contribution is 2.19. The predicted molar refractivity (Wildman–Crippen MR) is 59.2 cm³/mol. The van der Waals surface area contributed by atoms with Crippen LogP contribution in [0, 0.1) is 0 Å². The van der Waals surface area contributed by atoms with Crippen LogP contribution in [-0.2, 0) is 0 Å². The van der Waals surface area contributed by atoms with E-state index in [-0.39, 0.29) is 12.1 Å². The van der Waals surface area contributed by atoms with Crippen LogP contribution in [0.15, 0.2) is 0 Å². The number of aliphatic hydroxyl groups excluding tert-OH is 1. The highest BCUT2D eigenvalue weighted by molar-refractivity contribution is 4.84. The van der Waals surface area contributed by atoms with E-state index in [1.54, 1.807) is 0 Å². The number of nitrogens with two attached hydrogens (primary N) is 1. The molecule has 0 aromatic heterocycles. The Balaban J connectivity index is 2.45. The van der Waals surface area contributed by atoms with Crippen LogP contribution in [0.3, 0.4) is 0 Å². The van der Waals surface area contributed by atoms with Gasteiger partial charge >= 0.3 is 0 Å². The average Bonchev–Trinajstić information content (AvgIpc) is 2.18. The number of rotatable bonds is 4. The molecule has 3 unspecified atom stereocenters. The summed E-state index contributed by atoms with van der Waals surface area (Å²) in [6, 6.07) is 0.698. The molecule has 1 fully saturated rings. The lowest BCUT2D eigenvalue weighted by atomic mass is 9.96. The largest absolute Gasteiger partial charge is 0.392 e. The minimum absolute atomic E-state index is 0.186. The quantitative estimate of drug-likeness (QED) is 0.710. The molecule has 0 aromatic carbocycles. The van der Waals surface area contributed by atoms with Crippen molar-refractivity contribution in [3.8, 4) is 0 Å². The van der Waals surface area contributed by atoms with Crippen LogP contribution >= 0.6 is 0 Å². The van der Waals surface area contributed by atoms with Gasteiger partial charge in [-0.05, 0) is 32.7 Å². The van der Waals surface area contributed by atoms with Crippen molar-refractivity contribution in [2.24, 2.45) is 5.73 Å². The van der Waals surface area contributed by atoms with Gasteiger partial charge in [-0.2, -0.15) is 0 Å². The van der Waals surface area contributed by atoms with Gasteiger partial charge in [0.15, 0.2) is 0 Å². The van der Waals surface area contributed by atoms with E-state index in [4.69, 9.17) is 5.73 Å². The minimum atomic E-state index is -0.186. The SMILES string of the molecule is CCC(O)CN1CCCCC1C(C)N. The molecule has 3 heteroatoms. The topological polar surface area (TPSA) is 49.5 Å². The normalized spacial score (nSPS) is 28.7. The molecular formula is C11H24N2O. The molecule has 1 saturated heterocycles. The standard InChI is InChI=1S/C11H24N2O/c1-3-10(14)8-13-7-5-4-6-11(13)9(2)12/h9-11,14H,3-8,12H2,1-2H3. The Hall–Kier alpha value is -0.120. The summed E-state index contributed by atoms with van der Waals surface area (Å²) in [5, 5.41) is 9.63. The van der Waals surface area contributed by atoms with Gasteiger partial charge in [-0.25, -0.2) is 0 Å². The number of piperidine rings is 1. The summed E-state index contributed by atoms with van der Waals surface area (Å²) < 4.78 is 0. The third-order valence-corrected chi connectivity index (χ3v) is 3.19. The molecule has 1 heterocycles. The number of β-amino-alcohol motifs (C(OH)–C–C–N with tert-alkyl or cyclic N) is 1. The van der Waals surface area contributed by atoms with E-state index in [1.807, 2.05) is 6.92 Å². The van der Waals surface area contributed by atoms with Crippen molar-refractivity contribution in [3.05, 3.63) is 0 Å². The van der Waals surface area contributed by atoms with Crippen molar-refractivity contribution in [2.75, 3.05) is 13.1 Å². The summed E-state index contributed by atoms with van der Waals surface area (Å²) in [7, 11) is 0. The van der Waals surface area contributed by atoms with Crippen LogP contribution in [0.2, 0.25) is 0 Å². The second-order valence-electron chi connectivity index (χ2n) is 4.48. The molecule has 0 aromatic rings. The molecule has 14 heavy (non-hydrogen) atoms. The minimum Gasteiger partial charge on any atom is -0.392 e. The fourth-order valence-electron chi connectivity index (χ4n) is 2.24. The van der Waals surface area contributed by atoms with Gasteiger partial charge in [0.1, 0.15) is 0 Å². The maximum absolute atomic E-state index is 9.63. The van der Waals surface area contributed by atoms with Crippen LogP contribution < -0.4 is 5.73 Å². The van der Waals surface area contributed by atoms with Crippen LogP contribution in [0.1, 0.15) is 39.5 Å². The first-order valence-electron chi connectivity index (χ1n) is 5.82. The molecule has 0 radical (unpaired) electrons. The van der Waals surface area contributed by atoms with Crippen LogP contribution in [-0.4, -0.2) is 41.3 Å². The first-order valence-corrected chi connectivity index (χ1v) is 5.82. The Kier molecular flexibility index (Phi) is 4.85. The van der Waals surface area contributed by atoms with Gasteiger partial charge < -0.3 is 10.8 Å². The highest BCUT2D eigenvalue weighted by atomic mass is 16.3. The zero-order chi connectivity index (χ0) is 10.6. The molecule has 1 aliphatic rings. The second kappa shape index (κ2) is 5.69. The summed E-state index contributed by atoms with van der Waals surface area (Å²) in [4.78, 5) is 2.36. The van der Waals surface area contributed by atoms with Gasteiger partial charge in [0.25, 0.3) is 0 Å². The lowest BCUT2D eigenvalue weighted by molar-refractivity contribution is 0.0581. The first kappa shape index (κ1) is 12.0. The first-order chi connectivity index (χ1) is 6.65. The van der Waals surface area contributed by atoms with Crippen molar-refractivity contribution in [1.29, 1.82) is 0 Å². The lowest BCUT2D eigenvalue weighted by Crippen LogP contribution is -2.51. The molecule has 3 atom stereocenters. The Labute approximate surface area is 87.3 Å². The Morgan fingerprint density at radius 2 is 2.21 bits per heavy atom. The summed E-state index contributed by atoms with van der Waals surface area (Å²) in [5.41, 5.74) is 5.95. The predicted octanol–water partition coefficient (Wildman–Crippen LogP) is 0.959. The van der Waals surface area contributed by atoms with Crippen LogP contribution in [0.4, 0.5) is 0 Å². The Morgan fingerprint density at radius 3 is 2.79 bits per heavy atom. The molecule has 1 aliphatic heterocycles. The van der Waals surface area contributed by atoms with Gasteiger partial charge in [0.05, 0.1) is 6.10 Å². The molecule has 3 N–H and O–H groups in total. The summed E-state index contributed by atoms with van der Waals surface area (Å²) in [6.45, 7) is 5.99. The molecule has 1 rings (SSSR count). The third-order valence-electron chi connectivity index (χ3n) is 3.19. The zero-order valence-corrected chi connectivity index (χ0v) is 9.45. The van der Waals surface area contributed by atoms with Gasteiger partial charge in [-0.1, -0.05) is 13.3 Å². The molecule has 84 valence electrons. The van der Waals surface area contributed by atoms with Gasteiger partial charge in [-0.3, -0.25) is 4.90 Å². The van der Waals surface area contributed by atoms with Gasteiger partial charge in [0.2, 0.25) is 0 Å². The van der Waals surface area contributed by atoms with Crippen molar-refractivity contribution in [3.63, 3.8) is 0 Å². The van der Waals surface area contributed by atoms with Crippen molar-refractivity contribution >= 4 is 0 Å². The van der Waals surface area contributed by atoms with Gasteiger partial charge in [-0.15, -0.1) is 0 Å². The highest BCUT2D eigenvalue weighted by Gasteiger charge is 2.26. The summed E-state index contributed by atoms with van der Waals surface area (Å²) in [5.74, 6) is 0. The van der Waals surface area contributed by atoms with E-state index < -0.39 is 0 Å². The third kappa shape index (κ3) is 3.23. The Bertz CT molecular complexity index is 161. The van der Waals surface area contributed by atoms with Crippen LogP contribution in [0.25, 0.3) is 0 Å². The number of hydrogen-bond acceptors (Lipinski definition) is 3. The van der Waals surface area contributed by atoms with E-state index in [0.717, 1.165) is 19.5 Å². The monoisotopic (exact) mass is 200 g/mol. The zero-order valence-electron chi connectivity index (χ0n) is 9.45. The van der Waals surface area contributed by atoms with E-state index in [0.29, 0.717) is 6.04 Å². The lowest BCUT2D eigenvalue weighted by Gasteiger charge is -2.38. The second-order valence-corrected chi connectivity index (χ2v) is 4.48. The molecular weight excluding hydrogens is 176 g/mol. The van der Waals surface area contributed by atoms with Crippen molar-refractivity contribution in [2.45, 2.75) is 57.7 Å². The van der Waals surface area contributed by atoms with Crippen molar-refractivity contribution in [1.82, 2.24) is 4.90 Å². The molecule has 0 amide bonds. The molecule has 0 aliphatic carbocycles. The van der Waals surface area contributed by atoms with E-state index >= 15 is 0 Å². The number of hydrogen-bond donors (Lipinski definition) is 2. The van der Waals surface area contributed by atoms with E-state index in [9.17, 15) is 5.11 Å². The number of nitrogens with zero attached hydrogens (tertiary/aromatic N) is 1. The summed E-state index contributed by atoms with van der Waals surface area (Å²) >= 11 is 0. The molecule has 0 saturated carbocycles. The molecule has 0 spiro atoms. The maximum Gasteiger partial charge on any atom is 0.0664 e. The fourth-order valence-corrected chi connectivity index (χ4v) is 2.24. The maximum atomic E-state index is 9.63. The molecule has 0 bridgehead atoms. The average molecular weight is 200 g/mol. The van der Waals surface area contributed by atoms with Gasteiger partial charge in [0, 0.05) is 18.6 Å². The Morgan fingerprint density at radius 1 is 1.50 bits per heavy atom. The number of likely N-dealkylation sites (tertiary alicyclic amines) is 1. The van der Waals surface area contributed by atoms with Crippen LogP contribution in [0.5, 0.6) is 0 Å². The summed E-state index contributed by atoms with van der Waals surface area (Å²) in [6.07, 6.45) is 4.37. The fraction of sp³-hybridized carbons (Fsp3) is 1.00. The smallest absolute Gasteiger partial charge is 0.0664 e. The number of aliphatic hydroxyl groups is 1.